The Morgan fingerprint density at radius 3 is 2.68 bits per heavy atom. The Morgan fingerprint density at radius 1 is 1.12 bits per heavy atom. The number of ether oxygens (including phenoxy) is 2. The number of carbonyl (C=O) groups is 1. The molecule has 7 heteroatoms. The van der Waals surface area contributed by atoms with Gasteiger partial charge < -0.3 is 20.1 Å². The fourth-order valence-electron chi connectivity index (χ4n) is 3.11. The van der Waals surface area contributed by atoms with Crippen LogP contribution < -0.4 is 20.1 Å². The van der Waals surface area contributed by atoms with Gasteiger partial charge >= 0.3 is 0 Å². The van der Waals surface area contributed by atoms with E-state index in [1.165, 1.54) is 12.8 Å². The van der Waals surface area contributed by atoms with E-state index >= 15 is 0 Å². The van der Waals surface area contributed by atoms with Gasteiger partial charge in [0.1, 0.15) is 0 Å². The summed E-state index contributed by atoms with van der Waals surface area (Å²) in [6.07, 6.45) is 7.59. The summed E-state index contributed by atoms with van der Waals surface area (Å²) >= 11 is 0. The molecule has 2 aromatic rings. The van der Waals surface area contributed by atoms with E-state index in [1.807, 2.05) is 18.2 Å². The molecule has 0 unspecified atom stereocenters. The summed E-state index contributed by atoms with van der Waals surface area (Å²) in [6, 6.07) is 6.07. The zero-order chi connectivity index (χ0) is 17.1. The van der Waals surface area contributed by atoms with Crippen molar-refractivity contribution in [3.8, 4) is 11.5 Å². The number of fused-ring (bicyclic) bond motifs is 1. The van der Waals surface area contributed by atoms with E-state index in [1.54, 1.807) is 12.4 Å². The molecule has 25 heavy (non-hydrogen) atoms. The molecular weight excluding hydrogens is 320 g/mol. The van der Waals surface area contributed by atoms with Crippen molar-refractivity contribution >= 4 is 11.9 Å². The van der Waals surface area contributed by atoms with E-state index in [4.69, 9.17) is 9.47 Å². The molecule has 0 saturated heterocycles. The lowest BCUT2D eigenvalue weighted by atomic mass is 10.2. The number of anilines is 1. The van der Waals surface area contributed by atoms with Gasteiger partial charge in [0.15, 0.2) is 11.5 Å². The second kappa shape index (κ2) is 6.96. The van der Waals surface area contributed by atoms with Crippen molar-refractivity contribution in [2.45, 2.75) is 38.3 Å². The van der Waals surface area contributed by atoms with Crippen molar-refractivity contribution in [2.75, 3.05) is 12.1 Å². The fourth-order valence-corrected chi connectivity index (χ4v) is 3.11. The summed E-state index contributed by atoms with van der Waals surface area (Å²) in [5.41, 5.74) is 1.52. The van der Waals surface area contributed by atoms with Crippen molar-refractivity contribution in [3.63, 3.8) is 0 Å². The van der Waals surface area contributed by atoms with Crippen molar-refractivity contribution in [2.24, 2.45) is 0 Å². The molecule has 0 atom stereocenters. The van der Waals surface area contributed by atoms with E-state index in [2.05, 4.69) is 20.6 Å². The van der Waals surface area contributed by atoms with E-state index in [-0.39, 0.29) is 18.7 Å². The van der Waals surface area contributed by atoms with Gasteiger partial charge in [-0.1, -0.05) is 18.9 Å². The molecule has 1 aliphatic carbocycles. The van der Waals surface area contributed by atoms with Gasteiger partial charge in [-0.2, -0.15) is 0 Å². The second-order valence-corrected chi connectivity index (χ2v) is 6.29. The van der Waals surface area contributed by atoms with Crippen LogP contribution in [0.5, 0.6) is 11.5 Å². The van der Waals surface area contributed by atoms with Gasteiger partial charge in [0.2, 0.25) is 12.7 Å². The average Bonchev–Trinajstić information content (AvgIpc) is 3.31. The minimum Gasteiger partial charge on any atom is -0.454 e. The van der Waals surface area contributed by atoms with E-state index in [0.29, 0.717) is 18.1 Å². The van der Waals surface area contributed by atoms with Crippen LogP contribution in [0.4, 0.5) is 5.95 Å². The monoisotopic (exact) mass is 340 g/mol. The maximum absolute atomic E-state index is 12.2. The number of nitrogens with zero attached hydrogens (tertiary/aromatic N) is 2. The van der Waals surface area contributed by atoms with Crippen molar-refractivity contribution in [1.29, 1.82) is 0 Å². The first-order chi connectivity index (χ1) is 12.3. The molecule has 0 spiro atoms. The number of carbonyl (C=O) groups excluding carboxylic acids is 1. The van der Waals surface area contributed by atoms with Gasteiger partial charge in [0, 0.05) is 25.0 Å². The summed E-state index contributed by atoms with van der Waals surface area (Å²) < 4.78 is 10.7. The van der Waals surface area contributed by atoms with Crippen molar-refractivity contribution in [1.82, 2.24) is 15.3 Å². The number of aromatic nitrogens is 2. The summed E-state index contributed by atoms with van der Waals surface area (Å²) in [4.78, 5) is 20.6. The third-order valence-corrected chi connectivity index (χ3v) is 4.49. The Bertz CT molecular complexity index is 757. The summed E-state index contributed by atoms with van der Waals surface area (Å²) in [6.45, 7) is 0.823. The molecule has 1 aromatic carbocycles. The lowest BCUT2D eigenvalue weighted by Crippen LogP contribution is -2.32. The number of rotatable bonds is 5. The van der Waals surface area contributed by atoms with Gasteiger partial charge in [-0.05, 0) is 30.5 Å². The van der Waals surface area contributed by atoms with Crippen LogP contribution in [0.2, 0.25) is 0 Å². The maximum Gasteiger partial charge on any atom is 0.254 e. The molecule has 2 heterocycles. The zero-order valence-corrected chi connectivity index (χ0v) is 13.8. The Balaban J connectivity index is 1.33. The van der Waals surface area contributed by atoms with Crippen LogP contribution in [0.15, 0.2) is 30.6 Å². The molecule has 4 rings (SSSR count). The Hall–Kier alpha value is -2.83. The standard InChI is InChI=1S/C18H20N4O3/c23-17(22-14-3-1-2-4-14)13-9-20-18(21-10-13)19-8-12-5-6-15-16(7-12)25-11-24-15/h5-7,9-10,14H,1-4,8,11H2,(H,22,23)(H,19,20,21). The lowest BCUT2D eigenvalue weighted by molar-refractivity contribution is 0.0937. The molecule has 1 aliphatic heterocycles. The molecule has 2 N–H and O–H groups in total. The molecule has 7 nitrogen and oxygen atoms in total. The maximum atomic E-state index is 12.2. The van der Waals surface area contributed by atoms with E-state index < -0.39 is 0 Å². The Labute approximate surface area is 145 Å². The van der Waals surface area contributed by atoms with Crippen LogP contribution in [0, 0.1) is 0 Å². The third kappa shape index (κ3) is 3.65. The first-order valence-electron chi connectivity index (χ1n) is 8.53. The highest BCUT2D eigenvalue weighted by Gasteiger charge is 2.18. The third-order valence-electron chi connectivity index (χ3n) is 4.49. The molecule has 0 radical (unpaired) electrons. The summed E-state index contributed by atoms with van der Waals surface area (Å²) in [5, 5.41) is 6.17. The van der Waals surface area contributed by atoms with Crippen molar-refractivity contribution < 1.29 is 14.3 Å². The smallest absolute Gasteiger partial charge is 0.254 e. The number of hydrogen-bond donors (Lipinski definition) is 2. The molecule has 1 aromatic heterocycles. The quantitative estimate of drug-likeness (QED) is 0.870. The minimum absolute atomic E-state index is 0.103. The summed E-state index contributed by atoms with van der Waals surface area (Å²) in [5.74, 6) is 1.89. The van der Waals surface area contributed by atoms with Gasteiger partial charge in [-0.3, -0.25) is 4.79 Å². The Kier molecular flexibility index (Phi) is 4.37. The number of nitrogens with one attached hydrogen (secondary N) is 2. The normalized spacial score (nSPS) is 16.0. The molecule has 1 amide bonds. The zero-order valence-electron chi connectivity index (χ0n) is 13.8. The highest BCUT2D eigenvalue weighted by Crippen LogP contribution is 2.32. The van der Waals surface area contributed by atoms with Crippen molar-refractivity contribution in [3.05, 3.63) is 41.7 Å². The number of hydrogen-bond acceptors (Lipinski definition) is 6. The molecule has 130 valence electrons. The molecule has 2 aliphatic rings. The van der Waals surface area contributed by atoms with E-state index in [9.17, 15) is 4.79 Å². The van der Waals surface area contributed by atoms with Crippen LogP contribution in [0.25, 0.3) is 0 Å². The van der Waals surface area contributed by atoms with Gasteiger partial charge in [0.25, 0.3) is 5.91 Å². The second-order valence-electron chi connectivity index (χ2n) is 6.29. The lowest BCUT2D eigenvalue weighted by Gasteiger charge is -2.11. The van der Waals surface area contributed by atoms with Gasteiger partial charge in [0.05, 0.1) is 5.56 Å². The SMILES string of the molecule is O=C(NC1CCCC1)c1cnc(NCc2ccc3c(c2)OCO3)nc1. The highest BCUT2D eigenvalue weighted by molar-refractivity contribution is 5.93. The molecule has 0 bridgehead atoms. The number of amides is 1. The predicted octanol–water partition coefficient (Wildman–Crippen LogP) is 2.49. The van der Waals surface area contributed by atoms with Crippen LogP contribution in [-0.2, 0) is 6.54 Å². The van der Waals surface area contributed by atoms with E-state index in [0.717, 1.165) is 29.9 Å². The molecule has 1 saturated carbocycles. The molecular formula is C18H20N4O3. The van der Waals surface area contributed by atoms with Crippen LogP contribution >= 0.6 is 0 Å². The number of benzene rings is 1. The van der Waals surface area contributed by atoms with Crippen LogP contribution in [0.3, 0.4) is 0 Å². The van der Waals surface area contributed by atoms with Crippen LogP contribution in [0.1, 0.15) is 41.6 Å². The van der Waals surface area contributed by atoms with Gasteiger partial charge in [-0.15, -0.1) is 0 Å². The minimum atomic E-state index is -0.103. The average molecular weight is 340 g/mol. The highest BCUT2D eigenvalue weighted by atomic mass is 16.7. The van der Waals surface area contributed by atoms with Crippen LogP contribution in [-0.4, -0.2) is 28.7 Å². The topological polar surface area (TPSA) is 85.4 Å². The first-order valence-corrected chi connectivity index (χ1v) is 8.53. The fraction of sp³-hybridized carbons (Fsp3) is 0.389. The Morgan fingerprint density at radius 2 is 1.88 bits per heavy atom. The largest absolute Gasteiger partial charge is 0.454 e. The molecule has 1 fully saturated rings. The van der Waals surface area contributed by atoms with Gasteiger partial charge in [-0.25, -0.2) is 9.97 Å². The summed E-state index contributed by atoms with van der Waals surface area (Å²) in [7, 11) is 0. The predicted molar refractivity (Wildman–Crippen MR) is 91.6 cm³/mol. The first kappa shape index (κ1) is 15.7.